The van der Waals surface area contributed by atoms with Crippen LogP contribution in [0.25, 0.3) is 0 Å². The predicted octanol–water partition coefficient (Wildman–Crippen LogP) is 4.31. The first-order chi connectivity index (χ1) is 14.1. The number of carbonyl (C=O) groups is 1. The molecule has 1 saturated carbocycles. The number of hydrogen-bond acceptors (Lipinski definition) is 3. The lowest BCUT2D eigenvalue weighted by Gasteiger charge is -2.52. The molecule has 4 heteroatoms. The third-order valence-electron chi connectivity index (χ3n) is 6.87. The van der Waals surface area contributed by atoms with Crippen molar-refractivity contribution in [3.8, 4) is 5.75 Å². The highest BCUT2D eigenvalue weighted by Crippen LogP contribution is 2.47. The lowest BCUT2D eigenvalue weighted by Crippen LogP contribution is -2.59. The summed E-state index contributed by atoms with van der Waals surface area (Å²) in [6, 6.07) is 18.1. The molecular weight excluding hydrogens is 362 g/mol. The molecule has 0 aromatic heterocycles. The second kappa shape index (κ2) is 8.58. The number of para-hydroxylation sites is 1. The topological polar surface area (TPSA) is 49.8 Å². The highest BCUT2D eigenvalue weighted by Gasteiger charge is 2.50. The summed E-state index contributed by atoms with van der Waals surface area (Å²) in [4.78, 5) is 15.2. The maximum absolute atomic E-state index is 13.2. The molecule has 4 rings (SSSR count). The minimum atomic E-state index is -0.828. The number of likely N-dealkylation sites (tertiary alicyclic amines) is 1. The van der Waals surface area contributed by atoms with Gasteiger partial charge in [0.25, 0.3) is 0 Å². The summed E-state index contributed by atoms with van der Waals surface area (Å²) in [6.07, 6.45) is 5.99. The van der Waals surface area contributed by atoms with Gasteiger partial charge in [-0.25, -0.2) is 0 Å². The number of methoxy groups -OCH3 is 1. The Morgan fingerprint density at radius 3 is 2.62 bits per heavy atom. The quantitative estimate of drug-likeness (QED) is 0.824. The van der Waals surface area contributed by atoms with Crippen molar-refractivity contribution in [3.05, 3.63) is 65.7 Å². The van der Waals surface area contributed by atoms with E-state index >= 15 is 0 Å². The van der Waals surface area contributed by atoms with E-state index in [1.807, 2.05) is 54.6 Å². The molecule has 2 aliphatic rings. The van der Waals surface area contributed by atoms with Gasteiger partial charge in [-0.05, 0) is 42.9 Å². The number of piperidine rings is 1. The van der Waals surface area contributed by atoms with Crippen LogP contribution in [-0.4, -0.2) is 35.6 Å². The highest BCUT2D eigenvalue weighted by atomic mass is 16.5. The van der Waals surface area contributed by atoms with Crippen molar-refractivity contribution in [2.45, 2.75) is 56.6 Å². The SMILES string of the molecule is COc1ccccc1CCC(=O)N1CC[C@@](O)(c2ccccc2)[C@@H]2CCCC[C@@H]21. The molecule has 2 aromatic rings. The first kappa shape index (κ1) is 20.0. The molecule has 1 heterocycles. The summed E-state index contributed by atoms with van der Waals surface area (Å²) >= 11 is 0. The summed E-state index contributed by atoms with van der Waals surface area (Å²) in [7, 11) is 1.67. The Morgan fingerprint density at radius 2 is 1.83 bits per heavy atom. The number of ether oxygens (including phenoxy) is 1. The maximum Gasteiger partial charge on any atom is 0.223 e. The molecule has 154 valence electrons. The standard InChI is InChI=1S/C25H31NO3/c1-29-23-14-8-5-9-19(23)15-16-24(27)26-18-17-25(28,20-10-3-2-4-11-20)21-12-6-7-13-22(21)26/h2-5,8-11,14,21-22,28H,6-7,12-13,15-18H2,1H3/t21-,22+,25-/m1/s1. The van der Waals surface area contributed by atoms with E-state index in [2.05, 4.69) is 4.90 Å². The number of aryl methyl sites for hydroxylation is 1. The van der Waals surface area contributed by atoms with Crippen molar-refractivity contribution in [1.82, 2.24) is 4.90 Å². The Hall–Kier alpha value is -2.33. The molecule has 1 aliphatic carbocycles. The zero-order chi connectivity index (χ0) is 20.3. The van der Waals surface area contributed by atoms with Gasteiger partial charge in [0.05, 0.1) is 12.7 Å². The zero-order valence-electron chi connectivity index (χ0n) is 17.2. The Bertz CT molecular complexity index is 837. The Kier molecular flexibility index (Phi) is 5.91. The van der Waals surface area contributed by atoms with Crippen LogP contribution in [0.2, 0.25) is 0 Å². The zero-order valence-corrected chi connectivity index (χ0v) is 17.2. The summed E-state index contributed by atoms with van der Waals surface area (Å²) in [5.74, 6) is 1.15. The molecule has 1 saturated heterocycles. The molecule has 0 spiro atoms. The fraction of sp³-hybridized carbons (Fsp3) is 0.480. The van der Waals surface area contributed by atoms with Crippen molar-refractivity contribution in [2.24, 2.45) is 5.92 Å². The number of benzene rings is 2. The summed E-state index contributed by atoms with van der Waals surface area (Å²) in [5.41, 5.74) is 1.24. The van der Waals surface area contributed by atoms with Gasteiger partial charge >= 0.3 is 0 Å². The molecule has 1 aliphatic heterocycles. The molecule has 2 aromatic carbocycles. The van der Waals surface area contributed by atoms with Crippen LogP contribution >= 0.6 is 0 Å². The molecule has 1 amide bonds. The minimum Gasteiger partial charge on any atom is -0.496 e. The third kappa shape index (κ3) is 3.91. The first-order valence-corrected chi connectivity index (χ1v) is 10.8. The lowest BCUT2D eigenvalue weighted by molar-refractivity contribution is -0.154. The van der Waals surface area contributed by atoms with E-state index in [-0.39, 0.29) is 17.9 Å². The van der Waals surface area contributed by atoms with Crippen molar-refractivity contribution >= 4 is 5.91 Å². The first-order valence-electron chi connectivity index (χ1n) is 10.8. The van der Waals surface area contributed by atoms with E-state index in [4.69, 9.17) is 4.74 Å². The molecule has 1 N–H and O–H groups in total. The number of hydrogen-bond donors (Lipinski definition) is 1. The Balaban J connectivity index is 1.50. The molecule has 2 fully saturated rings. The average molecular weight is 394 g/mol. The van der Waals surface area contributed by atoms with Crippen LogP contribution in [-0.2, 0) is 16.8 Å². The van der Waals surface area contributed by atoms with Gasteiger partial charge in [-0.1, -0.05) is 61.4 Å². The highest BCUT2D eigenvalue weighted by molar-refractivity contribution is 5.77. The Morgan fingerprint density at radius 1 is 1.10 bits per heavy atom. The fourth-order valence-electron chi connectivity index (χ4n) is 5.37. The summed E-state index contributed by atoms with van der Waals surface area (Å²) in [5, 5.41) is 11.7. The van der Waals surface area contributed by atoms with Crippen LogP contribution in [0.1, 0.15) is 49.7 Å². The van der Waals surface area contributed by atoms with Gasteiger partial charge in [-0.3, -0.25) is 4.79 Å². The summed E-state index contributed by atoms with van der Waals surface area (Å²) in [6.45, 7) is 0.622. The second-order valence-corrected chi connectivity index (χ2v) is 8.40. The normalized spacial score (nSPS) is 26.6. The van der Waals surface area contributed by atoms with E-state index in [0.29, 0.717) is 25.8 Å². The molecule has 0 unspecified atom stereocenters. The van der Waals surface area contributed by atoms with Crippen LogP contribution in [0.3, 0.4) is 0 Å². The van der Waals surface area contributed by atoms with Crippen molar-refractivity contribution in [1.29, 1.82) is 0 Å². The number of amides is 1. The molecule has 0 bridgehead atoms. The predicted molar refractivity (Wildman–Crippen MR) is 114 cm³/mol. The maximum atomic E-state index is 13.2. The van der Waals surface area contributed by atoms with Crippen molar-refractivity contribution in [3.63, 3.8) is 0 Å². The summed E-state index contributed by atoms with van der Waals surface area (Å²) < 4.78 is 5.43. The van der Waals surface area contributed by atoms with E-state index in [1.54, 1.807) is 7.11 Å². The van der Waals surface area contributed by atoms with Gasteiger partial charge in [0.1, 0.15) is 5.75 Å². The Labute approximate surface area is 173 Å². The van der Waals surface area contributed by atoms with E-state index in [1.165, 1.54) is 0 Å². The largest absolute Gasteiger partial charge is 0.496 e. The molecule has 0 radical (unpaired) electrons. The number of carbonyl (C=O) groups excluding carboxylic acids is 1. The molecule has 4 nitrogen and oxygen atoms in total. The second-order valence-electron chi connectivity index (χ2n) is 8.40. The number of aliphatic hydroxyl groups is 1. The minimum absolute atomic E-state index is 0.114. The van der Waals surface area contributed by atoms with Gasteiger partial charge in [0, 0.05) is 24.9 Å². The average Bonchev–Trinajstić information content (AvgIpc) is 2.78. The molecular formula is C25H31NO3. The van der Waals surface area contributed by atoms with Crippen molar-refractivity contribution < 1.29 is 14.6 Å². The molecule has 29 heavy (non-hydrogen) atoms. The van der Waals surface area contributed by atoms with Crippen LogP contribution in [0.15, 0.2) is 54.6 Å². The smallest absolute Gasteiger partial charge is 0.223 e. The molecule has 3 atom stereocenters. The number of fused-ring (bicyclic) bond motifs is 1. The van der Waals surface area contributed by atoms with Crippen LogP contribution in [0, 0.1) is 5.92 Å². The monoisotopic (exact) mass is 393 g/mol. The van der Waals surface area contributed by atoms with Crippen LogP contribution in [0.4, 0.5) is 0 Å². The van der Waals surface area contributed by atoms with Gasteiger partial charge in [0.2, 0.25) is 5.91 Å². The lowest BCUT2D eigenvalue weighted by atomic mass is 9.66. The van der Waals surface area contributed by atoms with Crippen LogP contribution < -0.4 is 4.74 Å². The van der Waals surface area contributed by atoms with Crippen LogP contribution in [0.5, 0.6) is 5.75 Å². The van der Waals surface area contributed by atoms with Gasteiger partial charge < -0.3 is 14.7 Å². The van der Waals surface area contributed by atoms with Gasteiger partial charge in [-0.2, -0.15) is 0 Å². The van der Waals surface area contributed by atoms with E-state index < -0.39 is 5.60 Å². The van der Waals surface area contributed by atoms with Gasteiger partial charge in [-0.15, -0.1) is 0 Å². The third-order valence-corrected chi connectivity index (χ3v) is 6.87. The van der Waals surface area contributed by atoms with Gasteiger partial charge in [0.15, 0.2) is 0 Å². The number of nitrogens with zero attached hydrogens (tertiary/aromatic N) is 1. The number of rotatable bonds is 5. The van der Waals surface area contributed by atoms with Crippen molar-refractivity contribution in [2.75, 3.05) is 13.7 Å². The van der Waals surface area contributed by atoms with E-state index in [0.717, 1.165) is 42.6 Å². The van der Waals surface area contributed by atoms with E-state index in [9.17, 15) is 9.90 Å². The fourth-order valence-corrected chi connectivity index (χ4v) is 5.37.